The lowest BCUT2D eigenvalue weighted by Gasteiger charge is -2.30. The van der Waals surface area contributed by atoms with Crippen LogP contribution in [0.2, 0.25) is 0 Å². The van der Waals surface area contributed by atoms with Crippen molar-refractivity contribution >= 4 is 15.9 Å². The Kier molecular flexibility index (Phi) is 5.16. The molecule has 0 bridgehead atoms. The Bertz CT molecular complexity index is 652. The van der Waals surface area contributed by atoms with Gasteiger partial charge in [0.15, 0.2) is 0 Å². The Hall–Kier alpha value is -1.40. The first-order valence-electron chi connectivity index (χ1n) is 8.02. The highest BCUT2D eigenvalue weighted by atomic mass is 32.2. The number of carbonyl (C=O) groups excluding carboxylic acids is 1. The van der Waals surface area contributed by atoms with Gasteiger partial charge in [-0.05, 0) is 63.8 Å². The van der Waals surface area contributed by atoms with E-state index in [9.17, 15) is 13.2 Å². The van der Waals surface area contributed by atoms with Crippen LogP contribution < -0.4 is 4.72 Å². The van der Waals surface area contributed by atoms with Crippen LogP contribution in [0.15, 0.2) is 29.2 Å². The molecule has 0 unspecified atom stereocenters. The van der Waals surface area contributed by atoms with E-state index in [0.29, 0.717) is 11.5 Å². The van der Waals surface area contributed by atoms with Gasteiger partial charge < -0.3 is 4.90 Å². The molecule has 1 aromatic rings. The molecule has 1 aliphatic rings. The van der Waals surface area contributed by atoms with E-state index in [4.69, 9.17) is 0 Å². The van der Waals surface area contributed by atoms with Gasteiger partial charge in [-0.3, -0.25) is 4.79 Å². The van der Waals surface area contributed by atoms with E-state index in [-0.39, 0.29) is 10.8 Å². The topological polar surface area (TPSA) is 66.5 Å². The number of piperidine rings is 1. The van der Waals surface area contributed by atoms with Crippen LogP contribution in [0.25, 0.3) is 0 Å². The van der Waals surface area contributed by atoms with Crippen molar-refractivity contribution in [1.82, 2.24) is 9.62 Å². The Morgan fingerprint density at radius 1 is 1.13 bits per heavy atom. The van der Waals surface area contributed by atoms with E-state index in [2.05, 4.69) is 11.6 Å². The molecule has 1 amide bonds. The summed E-state index contributed by atoms with van der Waals surface area (Å²) in [6.45, 7) is 9.11. The molecule has 0 atom stereocenters. The van der Waals surface area contributed by atoms with E-state index in [1.807, 2.05) is 4.90 Å². The van der Waals surface area contributed by atoms with Crippen LogP contribution in [0.5, 0.6) is 0 Å². The van der Waals surface area contributed by atoms with Gasteiger partial charge in [0.2, 0.25) is 10.0 Å². The fourth-order valence-electron chi connectivity index (χ4n) is 2.63. The standard InChI is InChI=1S/C17H26N2O3S/c1-13-9-11-19(12-10-13)16(20)14-5-7-15(8-6-14)23(21,22)18-17(2,3)4/h5-8,13,18H,9-12H2,1-4H3. The van der Waals surface area contributed by atoms with Crippen molar-refractivity contribution in [2.75, 3.05) is 13.1 Å². The molecule has 0 radical (unpaired) electrons. The van der Waals surface area contributed by atoms with Crippen molar-refractivity contribution in [2.45, 2.75) is 51.0 Å². The summed E-state index contributed by atoms with van der Waals surface area (Å²) in [5.74, 6) is 0.639. The average Bonchev–Trinajstić information content (AvgIpc) is 2.45. The van der Waals surface area contributed by atoms with Gasteiger partial charge in [0, 0.05) is 24.2 Å². The lowest BCUT2D eigenvalue weighted by molar-refractivity contribution is 0.0697. The van der Waals surface area contributed by atoms with Crippen molar-refractivity contribution in [2.24, 2.45) is 5.92 Å². The summed E-state index contributed by atoms with van der Waals surface area (Å²) in [6, 6.07) is 6.18. The minimum absolute atomic E-state index is 0.0235. The zero-order valence-electron chi connectivity index (χ0n) is 14.3. The summed E-state index contributed by atoms with van der Waals surface area (Å²) < 4.78 is 27.1. The van der Waals surface area contributed by atoms with E-state index in [1.165, 1.54) is 12.1 Å². The van der Waals surface area contributed by atoms with Gasteiger partial charge in [0.25, 0.3) is 5.91 Å². The summed E-state index contributed by atoms with van der Waals surface area (Å²) in [5.41, 5.74) is -0.00748. The molecule has 0 aromatic heterocycles. The number of nitrogens with zero attached hydrogens (tertiary/aromatic N) is 1. The molecule has 0 spiro atoms. The number of rotatable bonds is 3. The van der Waals surface area contributed by atoms with Gasteiger partial charge in [-0.2, -0.15) is 0 Å². The summed E-state index contributed by atoms with van der Waals surface area (Å²) in [5, 5.41) is 0. The maximum absolute atomic E-state index is 12.5. The molecule has 1 aliphatic heterocycles. The van der Waals surface area contributed by atoms with E-state index in [0.717, 1.165) is 25.9 Å². The van der Waals surface area contributed by atoms with Crippen LogP contribution in [0.4, 0.5) is 0 Å². The van der Waals surface area contributed by atoms with Crippen molar-refractivity contribution in [3.05, 3.63) is 29.8 Å². The minimum Gasteiger partial charge on any atom is -0.339 e. The molecule has 1 heterocycles. The van der Waals surface area contributed by atoms with Gasteiger partial charge in [0.1, 0.15) is 0 Å². The first kappa shape index (κ1) is 17.9. The molecule has 23 heavy (non-hydrogen) atoms. The van der Waals surface area contributed by atoms with Crippen molar-refractivity contribution in [3.8, 4) is 0 Å². The van der Waals surface area contributed by atoms with Gasteiger partial charge in [0.05, 0.1) is 4.90 Å². The number of benzene rings is 1. The second-order valence-corrected chi connectivity index (χ2v) is 9.04. The number of nitrogens with one attached hydrogen (secondary N) is 1. The third-order valence-electron chi connectivity index (χ3n) is 3.92. The maximum atomic E-state index is 12.5. The number of hydrogen-bond donors (Lipinski definition) is 1. The molecular weight excluding hydrogens is 312 g/mol. The number of sulfonamides is 1. The Morgan fingerprint density at radius 3 is 2.13 bits per heavy atom. The monoisotopic (exact) mass is 338 g/mol. The molecular formula is C17H26N2O3S. The molecule has 0 saturated carbocycles. The second kappa shape index (κ2) is 6.61. The third-order valence-corrected chi connectivity index (χ3v) is 5.70. The van der Waals surface area contributed by atoms with Crippen molar-refractivity contribution in [1.29, 1.82) is 0 Å². The minimum atomic E-state index is -3.57. The average molecular weight is 338 g/mol. The first-order chi connectivity index (χ1) is 10.6. The largest absolute Gasteiger partial charge is 0.339 e. The van der Waals surface area contributed by atoms with Crippen LogP contribution in [0.1, 0.15) is 50.9 Å². The quantitative estimate of drug-likeness (QED) is 0.921. The molecule has 1 saturated heterocycles. The summed E-state index contributed by atoms with van der Waals surface area (Å²) in [7, 11) is -3.57. The summed E-state index contributed by atoms with van der Waals surface area (Å²) >= 11 is 0. The van der Waals surface area contributed by atoms with Gasteiger partial charge >= 0.3 is 0 Å². The highest BCUT2D eigenvalue weighted by Crippen LogP contribution is 2.19. The Labute approximate surface area is 139 Å². The maximum Gasteiger partial charge on any atom is 0.253 e. The smallest absolute Gasteiger partial charge is 0.253 e. The predicted octanol–water partition coefficient (Wildman–Crippen LogP) is 2.64. The number of likely N-dealkylation sites (tertiary alicyclic amines) is 1. The van der Waals surface area contributed by atoms with Gasteiger partial charge in [-0.1, -0.05) is 6.92 Å². The van der Waals surface area contributed by atoms with Crippen LogP contribution in [0, 0.1) is 5.92 Å². The molecule has 0 aliphatic carbocycles. The number of hydrogen-bond acceptors (Lipinski definition) is 3. The molecule has 128 valence electrons. The first-order valence-corrected chi connectivity index (χ1v) is 9.50. The molecule has 1 fully saturated rings. The Balaban J connectivity index is 2.12. The second-order valence-electron chi connectivity index (χ2n) is 7.35. The highest BCUT2D eigenvalue weighted by Gasteiger charge is 2.24. The molecule has 1 N–H and O–H groups in total. The van der Waals surface area contributed by atoms with E-state index in [1.54, 1.807) is 32.9 Å². The fraction of sp³-hybridized carbons (Fsp3) is 0.588. The summed E-state index contributed by atoms with van der Waals surface area (Å²) in [6.07, 6.45) is 2.04. The SMILES string of the molecule is CC1CCN(C(=O)c2ccc(S(=O)(=O)NC(C)(C)C)cc2)CC1. The third kappa shape index (κ3) is 4.78. The molecule has 5 nitrogen and oxygen atoms in total. The van der Waals surface area contributed by atoms with Crippen molar-refractivity contribution < 1.29 is 13.2 Å². The Morgan fingerprint density at radius 2 is 1.65 bits per heavy atom. The van der Waals surface area contributed by atoms with Gasteiger partial charge in [-0.25, -0.2) is 13.1 Å². The van der Waals surface area contributed by atoms with E-state index >= 15 is 0 Å². The fourth-order valence-corrected chi connectivity index (χ4v) is 4.05. The number of carbonyl (C=O) groups is 1. The lowest BCUT2D eigenvalue weighted by atomic mass is 9.98. The van der Waals surface area contributed by atoms with Gasteiger partial charge in [-0.15, -0.1) is 0 Å². The van der Waals surface area contributed by atoms with Crippen LogP contribution in [-0.2, 0) is 10.0 Å². The zero-order valence-corrected chi connectivity index (χ0v) is 15.1. The normalized spacial score (nSPS) is 17.3. The zero-order chi connectivity index (χ0) is 17.3. The van der Waals surface area contributed by atoms with E-state index < -0.39 is 15.6 Å². The summed E-state index contributed by atoms with van der Waals surface area (Å²) in [4.78, 5) is 14.5. The van der Waals surface area contributed by atoms with Crippen LogP contribution in [-0.4, -0.2) is 37.9 Å². The van der Waals surface area contributed by atoms with Crippen LogP contribution >= 0.6 is 0 Å². The molecule has 2 rings (SSSR count). The molecule has 1 aromatic carbocycles. The lowest BCUT2D eigenvalue weighted by Crippen LogP contribution is -2.40. The van der Waals surface area contributed by atoms with Crippen LogP contribution in [0.3, 0.4) is 0 Å². The predicted molar refractivity (Wildman–Crippen MR) is 90.8 cm³/mol. The van der Waals surface area contributed by atoms with Crippen molar-refractivity contribution in [3.63, 3.8) is 0 Å². The number of amides is 1. The highest BCUT2D eigenvalue weighted by molar-refractivity contribution is 7.89. The molecule has 6 heteroatoms.